The van der Waals surface area contributed by atoms with E-state index in [1.807, 2.05) is 17.0 Å². The molecule has 45 heavy (non-hydrogen) atoms. The fraction of sp³-hybridized carbons (Fsp3) is 0.316. The number of rotatable bonds is 6. The van der Waals surface area contributed by atoms with Gasteiger partial charge in [0.05, 0.1) is 11.8 Å². The topological polar surface area (TPSA) is 88.9 Å². The SMILES string of the molecule is Cc1c(-c2ncnc3[nH]c(-c4ccc(CN5CCC(C#N)CC5)cc4)cc23)cccc1N1CCc2cc(C3CC3)ccc2C1=O. The van der Waals surface area contributed by atoms with Crippen molar-refractivity contribution in [2.75, 3.05) is 24.5 Å². The van der Waals surface area contributed by atoms with Gasteiger partial charge in [0.15, 0.2) is 0 Å². The number of fused-ring (bicyclic) bond motifs is 2. The number of nitriles is 1. The second-order valence-corrected chi connectivity index (χ2v) is 12.9. The Bertz CT molecular complexity index is 1960. The van der Waals surface area contributed by atoms with E-state index in [1.54, 1.807) is 6.33 Å². The number of carbonyl (C=O) groups excluding carboxylic acids is 1. The van der Waals surface area contributed by atoms with Crippen LogP contribution in [-0.2, 0) is 13.0 Å². The fourth-order valence-corrected chi connectivity index (χ4v) is 7.16. The van der Waals surface area contributed by atoms with E-state index in [0.717, 1.165) is 89.3 Å². The quantitative estimate of drug-likeness (QED) is 0.222. The first-order valence-electron chi connectivity index (χ1n) is 16.2. The monoisotopic (exact) mass is 592 g/mol. The first-order chi connectivity index (χ1) is 22.1. The zero-order valence-corrected chi connectivity index (χ0v) is 25.6. The van der Waals surface area contributed by atoms with Crippen LogP contribution in [0, 0.1) is 24.2 Å². The number of nitrogens with one attached hydrogen (secondary N) is 1. The molecule has 7 heteroatoms. The highest BCUT2D eigenvalue weighted by Gasteiger charge is 2.30. The summed E-state index contributed by atoms with van der Waals surface area (Å²) < 4.78 is 0. The molecule has 1 amide bonds. The number of H-pyrrole nitrogens is 1. The third kappa shape index (κ3) is 5.19. The van der Waals surface area contributed by atoms with Crippen LogP contribution < -0.4 is 4.90 Å². The molecule has 4 heterocycles. The number of piperidine rings is 1. The second-order valence-electron chi connectivity index (χ2n) is 12.9. The molecule has 3 aliphatic rings. The summed E-state index contributed by atoms with van der Waals surface area (Å²) in [6.07, 6.45) is 6.92. The lowest BCUT2D eigenvalue weighted by molar-refractivity contribution is 0.0980. The number of hydrogen-bond donors (Lipinski definition) is 1. The largest absolute Gasteiger partial charge is 0.339 e. The van der Waals surface area contributed by atoms with Crippen LogP contribution in [0.3, 0.4) is 0 Å². The van der Waals surface area contributed by atoms with Crippen molar-refractivity contribution in [1.82, 2.24) is 19.9 Å². The van der Waals surface area contributed by atoms with Crippen LogP contribution >= 0.6 is 0 Å². The molecular weight excluding hydrogens is 556 g/mol. The van der Waals surface area contributed by atoms with Gasteiger partial charge in [-0.2, -0.15) is 5.26 Å². The molecule has 0 unspecified atom stereocenters. The second kappa shape index (κ2) is 11.3. The van der Waals surface area contributed by atoms with Gasteiger partial charge in [0, 0.05) is 46.9 Å². The van der Waals surface area contributed by atoms with Crippen LogP contribution in [0.2, 0.25) is 0 Å². The minimum absolute atomic E-state index is 0.0747. The predicted molar refractivity (Wildman–Crippen MR) is 177 cm³/mol. The summed E-state index contributed by atoms with van der Waals surface area (Å²) in [5, 5.41) is 10.1. The minimum Gasteiger partial charge on any atom is -0.339 e. The number of carbonyl (C=O) groups is 1. The Balaban J connectivity index is 1.05. The Morgan fingerprint density at radius 1 is 0.933 bits per heavy atom. The maximum absolute atomic E-state index is 13.7. The lowest BCUT2D eigenvalue weighted by atomic mass is 9.93. The molecule has 0 radical (unpaired) electrons. The maximum atomic E-state index is 13.7. The van der Waals surface area contributed by atoms with E-state index in [0.29, 0.717) is 12.5 Å². The van der Waals surface area contributed by atoms with Gasteiger partial charge >= 0.3 is 0 Å². The lowest BCUT2D eigenvalue weighted by Crippen LogP contribution is -2.38. The van der Waals surface area contributed by atoms with Crippen molar-refractivity contribution in [3.8, 4) is 28.6 Å². The molecule has 8 rings (SSSR count). The van der Waals surface area contributed by atoms with Crippen molar-refractivity contribution in [2.24, 2.45) is 5.92 Å². The summed E-state index contributed by atoms with van der Waals surface area (Å²) in [5.74, 6) is 0.963. The molecule has 1 aliphatic carbocycles. The van der Waals surface area contributed by atoms with Gasteiger partial charge < -0.3 is 9.88 Å². The van der Waals surface area contributed by atoms with Gasteiger partial charge in [-0.3, -0.25) is 9.69 Å². The van der Waals surface area contributed by atoms with Crippen LogP contribution in [-0.4, -0.2) is 45.4 Å². The number of nitrogens with zero attached hydrogens (tertiary/aromatic N) is 5. The maximum Gasteiger partial charge on any atom is 0.258 e. The Kier molecular flexibility index (Phi) is 6.95. The molecular formula is C38H36N6O. The Labute approximate surface area is 263 Å². The van der Waals surface area contributed by atoms with Gasteiger partial charge in [-0.15, -0.1) is 0 Å². The van der Waals surface area contributed by atoms with E-state index in [9.17, 15) is 10.1 Å². The average molecular weight is 593 g/mol. The summed E-state index contributed by atoms with van der Waals surface area (Å²) in [6, 6.07) is 25.9. The van der Waals surface area contributed by atoms with Crippen LogP contribution in [0.15, 0.2) is 73.1 Å². The standard InChI is InChI=1S/C38H36N6O/c1-24-31(3-2-4-35(24)44-18-15-30-19-29(27-9-10-27)11-12-32(30)38(44)45)36-33-20-34(42-37(33)41-23-40-36)28-7-5-26(6-8-28)22-43-16-13-25(21-39)14-17-43/h2-8,11-12,19-20,23,25,27H,9-10,13-18,22H2,1H3,(H,40,41,42). The Morgan fingerprint density at radius 3 is 2.53 bits per heavy atom. The van der Waals surface area contributed by atoms with Gasteiger partial charge in [0.1, 0.15) is 12.0 Å². The molecule has 2 aromatic heterocycles. The van der Waals surface area contributed by atoms with E-state index in [1.165, 1.54) is 29.5 Å². The fourth-order valence-electron chi connectivity index (χ4n) is 7.16. The van der Waals surface area contributed by atoms with Crippen molar-refractivity contribution in [1.29, 1.82) is 5.26 Å². The summed E-state index contributed by atoms with van der Waals surface area (Å²) >= 11 is 0. The summed E-state index contributed by atoms with van der Waals surface area (Å²) in [7, 11) is 0. The first kappa shape index (κ1) is 27.7. The van der Waals surface area contributed by atoms with E-state index < -0.39 is 0 Å². The van der Waals surface area contributed by atoms with E-state index in [4.69, 9.17) is 4.98 Å². The molecule has 1 N–H and O–H groups in total. The van der Waals surface area contributed by atoms with Crippen LogP contribution in [0.1, 0.15) is 64.2 Å². The van der Waals surface area contributed by atoms with Crippen molar-refractivity contribution >= 4 is 22.6 Å². The summed E-state index contributed by atoms with van der Waals surface area (Å²) in [5.41, 5.74) is 11.4. The number of anilines is 1. The molecule has 0 bridgehead atoms. The van der Waals surface area contributed by atoms with E-state index in [2.05, 4.69) is 82.5 Å². The highest BCUT2D eigenvalue weighted by atomic mass is 16.2. The van der Waals surface area contributed by atoms with Crippen LogP contribution in [0.4, 0.5) is 5.69 Å². The van der Waals surface area contributed by atoms with E-state index >= 15 is 0 Å². The van der Waals surface area contributed by atoms with Gasteiger partial charge in [-0.05, 0) is 104 Å². The molecule has 3 aromatic carbocycles. The van der Waals surface area contributed by atoms with Gasteiger partial charge in [-0.1, -0.05) is 48.5 Å². The number of benzene rings is 3. The normalized spacial score (nSPS) is 17.4. The van der Waals surface area contributed by atoms with Crippen LogP contribution in [0.25, 0.3) is 33.5 Å². The lowest BCUT2D eigenvalue weighted by Gasteiger charge is -2.30. The predicted octanol–water partition coefficient (Wildman–Crippen LogP) is 7.42. The zero-order valence-electron chi connectivity index (χ0n) is 25.6. The molecule has 224 valence electrons. The summed E-state index contributed by atoms with van der Waals surface area (Å²) in [4.78, 5) is 30.9. The van der Waals surface area contributed by atoms with Crippen molar-refractivity contribution in [3.05, 3.63) is 101 Å². The third-order valence-corrected chi connectivity index (χ3v) is 9.98. The smallest absolute Gasteiger partial charge is 0.258 e. The number of hydrogen-bond acceptors (Lipinski definition) is 5. The van der Waals surface area contributed by atoms with Crippen molar-refractivity contribution in [3.63, 3.8) is 0 Å². The minimum atomic E-state index is 0.0747. The first-order valence-corrected chi connectivity index (χ1v) is 16.2. The molecule has 2 aliphatic heterocycles. The van der Waals surface area contributed by atoms with Crippen LogP contribution in [0.5, 0.6) is 0 Å². The number of aromatic nitrogens is 3. The molecule has 0 atom stereocenters. The van der Waals surface area contributed by atoms with E-state index in [-0.39, 0.29) is 11.8 Å². The highest BCUT2D eigenvalue weighted by Crippen LogP contribution is 2.42. The molecule has 7 nitrogen and oxygen atoms in total. The molecule has 1 saturated heterocycles. The zero-order chi connectivity index (χ0) is 30.5. The highest BCUT2D eigenvalue weighted by molar-refractivity contribution is 6.09. The molecule has 0 spiro atoms. The molecule has 5 aromatic rings. The van der Waals surface area contributed by atoms with Gasteiger partial charge in [-0.25, -0.2) is 9.97 Å². The molecule has 2 fully saturated rings. The number of amides is 1. The number of likely N-dealkylation sites (tertiary alicyclic amines) is 1. The third-order valence-electron chi connectivity index (χ3n) is 9.98. The van der Waals surface area contributed by atoms with Gasteiger partial charge in [0.2, 0.25) is 0 Å². The van der Waals surface area contributed by atoms with Crippen molar-refractivity contribution in [2.45, 2.75) is 51.5 Å². The van der Waals surface area contributed by atoms with Gasteiger partial charge in [0.25, 0.3) is 5.91 Å². The number of aromatic amines is 1. The Hall–Kier alpha value is -4.80. The average Bonchev–Trinajstić information content (AvgIpc) is 3.84. The Morgan fingerprint density at radius 2 is 1.76 bits per heavy atom. The summed E-state index contributed by atoms with van der Waals surface area (Å²) in [6.45, 7) is 5.62. The van der Waals surface area contributed by atoms with Crippen molar-refractivity contribution < 1.29 is 4.79 Å². The molecule has 1 saturated carbocycles.